The van der Waals surface area contributed by atoms with Gasteiger partial charge in [0.15, 0.2) is 17.5 Å². The largest absolute Gasteiger partial charge is 0.493 e. The standard InChI is InChI=1S/C19H25N3O2.HI/c1-5-24-17-11-10-16(12-18(17)23-4)22-19(20-3)21-13-15-8-6-14(2)7-9-15;/h6-12H,5,13H2,1-4H3,(H2,20,21,22);1H. The molecule has 2 N–H and O–H groups in total. The molecule has 0 radical (unpaired) electrons. The van der Waals surface area contributed by atoms with E-state index >= 15 is 0 Å². The third-order valence-electron chi connectivity index (χ3n) is 3.53. The minimum Gasteiger partial charge on any atom is -0.493 e. The molecule has 136 valence electrons. The summed E-state index contributed by atoms with van der Waals surface area (Å²) in [7, 11) is 3.38. The average Bonchev–Trinajstić information content (AvgIpc) is 2.61. The zero-order chi connectivity index (χ0) is 17.4. The number of nitrogens with zero attached hydrogens (tertiary/aromatic N) is 1. The molecule has 5 nitrogen and oxygen atoms in total. The lowest BCUT2D eigenvalue weighted by Gasteiger charge is -2.14. The van der Waals surface area contributed by atoms with Gasteiger partial charge in [-0.25, -0.2) is 0 Å². The van der Waals surface area contributed by atoms with E-state index in [1.165, 1.54) is 11.1 Å². The number of anilines is 1. The Morgan fingerprint density at radius 3 is 2.40 bits per heavy atom. The number of hydrogen-bond acceptors (Lipinski definition) is 3. The van der Waals surface area contributed by atoms with Crippen molar-refractivity contribution in [1.82, 2.24) is 5.32 Å². The number of rotatable bonds is 6. The Balaban J connectivity index is 0.00000312. The van der Waals surface area contributed by atoms with Gasteiger partial charge in [-0.1, -0.05) is 29.8 Å². The number of methoxy groups -OCH3 is 1. The van der Waals surface area contributed by atoms with E-state index in [2.05, 4.69) is 46.8 Å². The highest BCUT2D eigenvalue weighted by Gasteiger charge is 2.07. The lowest BCUT2D eigenvalue weighted by Crippen LogP contribution is -2.30. The molecule has 0 fully saturated rings. The zero-order valence-electron chi connectivity index (χ0n) is 15.1. The van der Waals surface area contributed by atoms with E-state index in [1.807, 2.05) is 25.1 Å². The highest BCUT2D eigenvalue weighted by atomic mass is 127. The van der Waals surface area contributed by atoms with Gasteiger partial charge in [0.2, 0.25) is 0 Å². The second-order valence-corrected chi connectivity index (χ2v) is 5.34. The first-order chi connectivity index (χ1) is 11.7. The van der Waals surface area contributed by atoms with Gasteiger partial charge < -0.3 is 20.1 Å². The van der Waals surface area contributed by atoms with Gasteiger partial charge in [-0.05, 0) is 31.5 Å². The monoisotopic (exact) mass is 455 g/mol. The van der Waals surface area contributed by atoms with E-state index in [1.54, 1.807) is 14.2 Å². The van der Waals surface area contributed by atoms with Crippen molar-refractivity contribution in [2.24, 2.45) is 4.99 Å². The summed E-state index contributed by atoms with van der Waals surface area (Å²) in [5.41, 5.74) is 3.34. The lowest BCUT2D eigenvalue weighted by atomic mass is 10.1. The highest BCUT2D eigenvalue weighted by Crippen LogP contribution is 2.30. The van der Waals surface area contributed by atoms with Crippen molar-refractivity contribution >= 4 is 35.6 Å². The van der Waals surface area contributed by atoms with Crippen LogP contribution in [0.25, 0.3) is 0 Å². The molecule has 6 heteroatoms. The molecule has 0 saturated carbocycles. The predicted molar refractivity (Wildman–Crippen MR) is 115 cm³/mol. The van der Waals surface area contributed by atoms with Crippen LogP contribution in [0.5, 0.6) is 11.5 Å². The van der Waals surface area contributed by atoms with Gasteiger partial charge in [0, 0.05) is 25.3 Å². The Bertz CT molecular complexity index is 688. The summed E-state index contributed by atoms with van der Waals surface area (Å²) >= 11 is 0. The van der Waals surface area contributed by atoms with Crippen LogP contribution in [-0.4, -0.2) is 26.7 Å². The number of aryl methyl sites for hydroxylation is 1. The fourth-order valence-corrected chi connectivity index (χ4v) is 2.23. The van der Waals surface area contributed by atoms with Crippen LogP contribution < -0.4 is 20.1 Å². The Hall–Kier alpha value is -1.96. The van der Waals surface area contributed by atoms with Gasteiger partial charge in [0.25, 0.3) is 0 Å². The Kier molecular flexibility index (Phi) is 9.12. The molecule has 0 saturated heterocycles. The van der Waals surface area contributed by atoms with Crippen molar-refractivity contribution in [3.05, 3.63) is 53.6 Å². The molecule has 0 aromatic heterocycles. The zero-order valence-corrected chi connectivity index (χ0v) is 17.5. The van der Waals surface area contributed by atoms with E-state index in [-0.39, 0.29) is 24.0 Å². The summed E-state index contributed by atoms with van der Waals surface area (Å²) in [6, 6.07) is 14.1. The van der Waals surface area contributed by atoms with Gasteiger partial charge in [-0.15, -0.1) is 24.0 Å². The summed E-state index contributed by atoms with van der Waals surface area (Å²) in [6.45, 7) is 5.33. The quantitative estimate of drug-likeness (QED) is 0.390. The van der Waals surface area contributed by atoms with Crippen LogP contribution in [0.3, 0.4) is 0 Å². The SMILES string of the molecule is CCOc1ccc(NC(=NC)NCc2ccc(C)cc2)cc1OC.I. The van der Waals surface area contributed by atoms with Crippen LogP contribution in [0.4, 0.5) is 5.69 Å². The van der Waals surface area contributed by atoms with E-state index in [9.17, 15) is 0 Å². The van der Waals surface area contributed by atoms with Gasteiger partial charge in [0.05, 0.1) is 13.7 Å². The third kappa shape index (κ3) is 6.45. The molecule has 2 aromatic carbocycles. The molecule has 0 aliphatic carbocycles. The van der Waals surface area contributed by atoms with Gasteiger partial charge in [0.1, 0.15) is 0 Å². The van der Waals surface area contributed by atoms with Crippen LogP contribution >= 0.6 is 24.0 Å². The molecule has 0 aliphatic rings. The highest BCUT2D eigenvalue weighted by molar-refractivity contribution is 14.0. The van der Waals surface area contributed by atoms with E-state index in [0.29, 0.717) is 24.9 Å². The van der Waals surface area contributed by atoms with Gasteiger partial charge in [-0.2, -0.15) is 0 Å². The van der Waals surface area contributed by atoms with Crippen LogP contribution in [0, 0.1) is 6.92 Å². The summed E-state index contributed by atoms with van der Waals surface area (Å²) < 4.78 is 10.9. The normalized spacial score (nSPS) is 10.6. The van der Waals surface area contributed by atoms with E-state index < -0.39 is 0 Å². The van der Waals surface area contributed by atoms with Crippen molar-refractivity contribution in [3.63, 3.8) is 0 Å². The van der Waals surface area contributed by atoms with Crippen molar-refractivity contribution in [3.8, 4) is 11.5 Å². The minimum absolute atomic E-state index is 0. The fraction of sp³-hybridized carbons (Fsp3) is 0.316. The first-order valence-electron chi connectivity index (χ1n) is 8.00. The van der Waals surface area contributed by atoms with E-state index in [4.69, 9.17) is 9.47 Å². The maximum absolute atomic E-state index is 5.53. The molecule has 2 rings (SSSR count). The van der Waals surface area contributed by atoms with Crippen LogP contribution in [0.1, 0.15) is 18.1 Å². The number of halogens is 1. The molecule has 0 unspecified atom stereocenters. The number of benzene rings is 2. The lowest BCUT2D eigenvalue weighted by molar-refractivity contribution is 0.311. The molecule has 0 atom stereocenters. The summed E-state index contributed by atoms with van der Waals surface area (Å²) in [6.07, 6.45) is 0. The molecule has 0 aliphatic heterocycles. The smallest absolute Gasteiger partial charge is 0.195 e. The molecule has 0 heterocycles. The first kappa shape index (κ1) is 21.1. The average molecular weight is 455 g/mol. The molecular formula is C19H26IN3O2. The number of guanidine groups is 1. The topological polar surface area (TPSA) is 54.9 Å². The second kappa shape index (κ2) is 10.8. The second-order valence-electron chi connectivity index (χ2n) is 5.34. The van der Waals surface area contributed by atoms with Crippen molar-refractivity contribution in [2.45, 2.75) is 20.4 Å². The molecule has 0 bridgehead atoms. The Morgan fingerprint density at radius 2 is 1.80 bits per heavy atom. The molecule has 0 amide bonds. The number of nitrogens with one attached hydrogen (secondary N) is 2. The van der Waals surface area contributed by atoms with E-state index in [0.717, 1.165) is 11.4 Å². The maximum Gasteiger partial charge on any atom is 0.195 e. The Morgan fingerprint density at radius 1 is 1.08 bits per heavy atom. The van der Waals surface area contributed by atoms with Crippen molar-refractivity contribution in [2.75, 3.05) is 26.1 Å². The third-order valence-corrected chi connectivity index (χ3v) is 3.53. The van der Waals surface area contributed by atoms with Crippen LogP contribution in [0.2, 0.25) is 0 Å². The fourth-order valence-electron chi connectivity index (χ4n) is 2.23. The summed E-state index contributed by atoms with van der Waals surface area (Å²) in [4.78, 5) is 4.25. The minimum atomic E-state index is 0. The van der Waals surface area contributed by atoms with Crippen molar-refractivity contribution in [1.29, 1.82) is 0 Å². The summed E-state index contributed by atoms with van der Waals surface area (Å²) in [5, 5.41) is 6.56. The Labute approximate surface area is 166 Å². The maximum atomic E-state index is 5.53. The van der Waals surface area contributed by atoms with Gasteiger partial charge in [-0.3, -0.25) is 4.99 Å². The number of hydrogen-bond donors (Lipinski definition) is 2. The molecule has 0 spiro atoms. The molecule has 2 aromatic rings. The van der Waals surface area contributed by atoms with Crippen molar-refractivity contribution < 1.29 is 9.47 Å². The molecule has 25 heavy (non-hydrogen) atoms. The number of aliphatic imine (C=N–C) groups is 1. The molecular weight excluding hydrogens is 429 g/mol. The predicted octanol–water partition coefficient (Wildman–Crippen LogP) is 4.21. The first-order valence-corrected chi connectivity index (χ1v) is 8.00. The van der Waals surface area contributed by atoms with Crippen LogP contribution in [0.15, 0.2) is 47.5 Å². The summed E-state index contributed by atoms with van der Waals surface area (Å²) in [5.74, 6) is 2.12. The number of ether oxygens (including phenoxy) is 2. The van der Waals surface area contributed by atoms with Crippen LogP contribution in [-0.2, 0) is 6.54 Å². The van der Waals surface area contributed by atoms with Gasteiger partial charge >= 0.3 is 0 Å².